The van der Waals surface area contributed by atoms with Crippen molar-refractivity contribution in [3.63, 3.8) is 0 Å². The molecule has 3 N–H and O–H groups in total. The molecule has 0 aromatic heterocycles. The Morgan fingerprint density at radius 2 is 1.87 bits per heavy atom. The third kappa shape index (κ3) is 8.78. The van der Waals surface area contributed by atoms with Crippen molar-refractivity contribution in [1.29, 1.82) is 5.26 Å². The first kappa shape index (κ1) is 42.9. The van der Waals surface area contributed by atoms with Crippen molar-refractivity contribution in [2.24, 2.45) is 28.2 Å². The number of hydrazine groups is 1. The second-order valence-electron chi connectivity index (χ2n) is 18.3. The molecule has 13 heteroatoms. The fraction of sp³-hybridized carbons (Fsp3) is 0.617. The van der Waals surface area contributed by atoms with Crippen molar-refractivity contribution in [2.75, 3.05) is 31.1 Å². The SMILES string of the molecule is CC=C=[N+]=C(CCC(C)C(=O)NC1CCC(Oc2ccc(C#N)c(Cl)c2)CC1)N1CCC2(CC1)CN(c1ccccc1C1=N[C@@H](C)C3NNC(C)N3C3SC(C)C(C)C13)C2. The van der Waals surface area contributed by atoms with Gasteiger partial charge in [0.05, 0.1) is 65.7 Å². The molecule has 5 heterocycles. The summed E-state index contributed by atoms with van der Waals surface area (Å²) in [5, 5.41) is 13.8. The first-order valence-electron chi connectivity index (χ1n) is 22.3. The zero-order chi connectivity index (χ0) is 42.1. The van der Waals surface area contributed by atoms with Crippen LogP contribution in [0, 0.1) is 34.5 Å². The van der Waals surface area contributed by atoms with E-state index >= 15 is 0 Å². The maximum Gasteiger partial charge on any atom is 0.356 e. The third-order valence-electron chi connectivity index (χ3n) is 14.3. The van der Waals surface area contributed by atoms with Gasteiger partial charge in [0.25, 0.3) is 0 Å². The van der Waals surface area contributed by atoms with E-state index in [0.717, 1.165) is 83.4 Å². The summed E-state index contributed by atoms with van der Waals surface area (Å²) < 4.78 is 11.0. The number of hydrogen-bond donors (Lipinski definition) is 3. The third-order valence-corrected chi connectivity index (χ3v) is 16.3. The van der Waals surface area contributed by atoms with Crippen molar-refractivity contribution in [3.8, 4) is 11.8 Å². The van der Waals surface area contributed by atoms with Gasteiger partial charge in [-0.3, -0.25) is 19.6 Å². The number of piperidine rings is 1. The number of rotatable bonds is 9. The Kier molecular flexibility index (Phi) is 13.1. The molecule has 4 saturated heterocycles. The molecule has 2 aromatic carbocycles. The number of carbonyl (C=O) groups is 1. The summed E-state index contributed by atoms with van der Waals surface area (Å²) in [6.45, 7) is 17.4. The van der Waals surface area contributed by atoms with Crippen LogP contribution in [0.5, 0.6) is 5.75 Å². The molecular weight excluding hydrogens is 790 g/mol. The summed E-state index contributed by atoms with van der Waals surface area (Å²) in [7, 11) is 0. The quantitative estimate of drug-likeness (QED) is 0.143. The Morgan fingerprint density at radius 3 is 2.58 bits per heavy atom. The van der Waals surface area contributed by atoms with Crippen LogP contribution >= 0.6 is 23.4 Å². The Balaban J connectivity index is 0.841. The number of allylic oxidation sites excluding steroid dienone is 1. The molecule has 1 aliphatic carbocycles. The molecule has 6 aliphatic rings. The van der Waals surface area contributed by atoms with Crippen LogP contribution in [-0.4, -0.2) is 100 Å². The second-order valence-corrected chi connectivity index (χ2v) is 20.2. The molecule has 5 aliphatic heterocycles. The topological polar surface area (TPSA) is 122 Å². The van der Waals surface area contributed by atoms with Gasteiger partial charge in [0, 0.05) is 65.0 Å². The number of thioether (sulfide) groups is 1. The van der Waals surface area contributed by atoms with Crippen molar-refractivity contribution in [3.05, 3.63) is 64.7 Å². The molecular formula is C47H63ClN9O2S+. The molecule has 1 spiro atoms. The predicted octanol–water partition coefficient (Wildman–Crippen LogP) is 6.73. The van der Waals surface area contributed by atoms with Gasteiger partial charge in [0.1, 0.15) is 11.8 Å². The van der Waals surface area contributed by atoms with Gasteiger partial charge >= 0.3 is 5.84 Å². The second kappa shape index (κ2) is 18.3. The molecule has 0 radical (unpaired) electrons. The van der Waals surface area contributed by atoms with Crippen LogP contribution in [0.15, 0.2) is 53.5 Å². The van der Waals surface area contributed by atoms with E-state index in [0.29, 0.717) is 44.2 Å². The van der Waals surface area contributed by atoms with Gasteiger partial charge in [-0.2, -0.15) is 9.93 Å². The Hall–Kier alpha value is -3.78. The normalized spacial score (nSPS) is 31.3. The zero-order valence-electron chi connectivity index (χ0n) is 36.2. The number of fused-ring (bicyclic) bond motifs is 3. The monoisotopic (exact) mass is 852 g/mol. The van der Waals surface area contributed by atoms with Crippen molar-refractivity contribution in [2.45, 2.75) is 134 Å². The standard InChI is InChI=1S/C47H62ClN9O2S/c1-7-22-50-41(19-12-29(2)45(58)52-35-14-17-36(18-15-35)59-37-16-13-34(26-49)39(48)25-37)55-23-20-47(21-24-55)27-56(28-47)40-11-9-8-10-38(40)43-42-30(3)32(5)60-46(42)57-33(6)53-54-44(57)31(4)51-43/h7-11,13,16,25,29-33,35-36,42,44,46,53-54H,12,14-15,17-21,23-24,27-28H2,1-6H3/p+1/t29?,30?,31-,32?,33?,35?,36?,42?,44?,46?/m0/s1. The number of carbonyl (C=O) groups excluding carboxylic acids is 1. The number of amidine groups is 1. The number of hydrogen-bond acceptors (Lipinski definition) is 9. The van der Waals surface area contributed by atoms with E-state index in [2.05, 4.69) is 107 Å². The average Bonchev–Trinajstić information content (AvgIpc) is 3.73. The van der Waals surface area contributed by atoms with Crippen molar-refractivity contribution >= 4 is 52.4 Å². The smallest absolute Gasteiger partial charge is 0.356 e. The number of benzene rings is 2. The lowest BCUT2D eigenvalue weighted by molar-refractivity contribution is -0.125. The van der Waals surface area contributed by atoms with E-state index in [-0.39, 0.29) is 42.3 Å². The van der Waals surface area contributed by atoms with E-state index in [9.17, 15) is 4.79 Å². The van der Waals surface area contributed by atoms with Crippen LogP contribution in [0.1, 0.15) is 104 Å². The van der Waals surface area contributed by atoms with Crippen molar-refractivity contribution in [1.82, 2.24) is 30.6 Å². The molecule has 60 heavy (non-hydrogen) atoms. The molecule has 0 bridgehead atoms. The molecule has 1 saturated carbocycles. The minimum absolute atomic E-state index is 0.0686. The molecule has 2 aromatic rings. The van der Waals surface area contributed by atoms with Gasteiger partial charge < -0.3 is 15.0 Å². The molecule has 8 atom stereocenters. The van der Waals surface area contributed by atoms with Crippen LogP contribution in [0.2, 0.25) is 5.02 Å². The number of nitrogens with one attached hydrogen (secondary N) is 3. The summed E-state index contributed by atoms with van der Waals surface area (Å²) in [4.78, 5) is 26.7. The summed E-state index contributed by atoms with van der Waals surface area (Å²) in [5.41, 5.74) is 11.8. The number of nitriles is 1. The number of ether oxygens (including phenoxy) is 1. The van der Waals surface area contributed by atoms with E-state index in [4.69, 9.17) is 31.3 Å². The van der Waals surface area contributed by atoms with Gasteiger partial charge in [-0.25, -0.2) is 10.9 Å². The van der Waals surface area contributed by atoms with Crippen LogP contribution in [0.25, 0.3) is 0 Å². The summed E-state index contributed by atoms with van der Waals surface area (Å²) in [5.74, 6) is 5.71. The van der Waals surface area contributed by atoms with E-state index in [1.165, 1.54) is 17.0 Å². The van der Waals surface area contributed by atoms with Crippen LogP contribution < -0.4 is 30.5 Å². The number of halogens is 1. The lowest BCUT2D eigenvalue weighted by atomic mass is 9.71. The Morgan fingerprint density at radius 1 is 1.12 bits per heavy atom. The number of para-hydroxylation sites is 1. The Labute approximate surface area is 366 Å². The number of aliphatic imine (C=N–C) groups is 1. The molecule has 320 valence electrons. The number of amides is 1. The van der Waals surface area contributed by atoms with Crippen molar-refractivity contribution < 1.29 is 9.53 Å². The van der Waals surface area contributed by atoms with Crippen LogP contribution in [0.4, 0.5) is 5.69 Å². The van der Waals surface area contributed by atoms with Crippen LogP contribution in [0.3, 0.4) is 0 Å². The predicted molar refractivity (Wildman–Crippen MR) is 245 cm³/mol. The van der Waals surface area contributed by atoms with Gasteiger partial charge in [0.15, 0.2) is 5.87 Å². The highest BCUT2D eigenvalue weighted by Gasteiger charge is 2.53. The maximum absolute atomic E-state index is 13.4. The minimum atomic E-state index is -0.120. The first-order valence-corrected chi connectivity index (χ1v) is 23.7. The van der Waals surface area contributed by atoms with E-state index in [1.54, 1.807) is 18.2 Å². The Bertz CT molecular complexity index is 2070. The highest BCUT2D eigenvalue weighted by molar-refractivity contribution is 8.00. The fourth-order valence-electron chi connectivity index (χ4n) is 10.5. The first-order chi connectivity index (χ1) is 29.0. The molecule has 1 amide bonds. The fourth-order valence-corrected chi connectivity index (χ4v) is 12.5. The minimum Gasteiger partial charge on any atom is -0.490 e. The molecule has 8 rings (SSSR count). The van der Waals surface area contributed by atoms with Gasteiger partial charge in [-0.15, -0.1) is 11.8 Å². The number of anilines is 1. The van der Waals surface area contributed by atoms with Crippen LogP contribution in [-0.2, 0) is 4.79 Å². The summed E-state index contributed by atoms with van der Waals surface area (Å²) in [6.07, 6.45) is 9.57. The van der Waals surface area contributed by atoms with Gasteiger partial charge in [0.2, 0.25) is 5.91 Å². The summed E-state index contributed by atoms with van der Waals surface area (Å²) >= 11 is 8.33. The molecule has 7 unspecified atom stereocenters. The largest absolute Gasteiger partial charge is 0.490 e. The van der Waals surface area contributed by atoms with E-state index in [1.807, 2.05) is 19.9 Å². The highest BCUT2D eigenvalue weighted by atomic mass is 35.5. The maximum atomic E-state index is 13.4. The average molecular weight is 854 g/mol. The number of nitrogens with zero attached hydrogens (tertiary/aromatic N) is 6. The zero-order valence-corrected chi connectivity index (χ0v) is 37.7. The lowest BCUT2D eigenvalue weighted by Crippen LogP contribution is -2.61. The van der Waals surface area contributed by atoms with E-state index < -0.39 is 0 Å². The number of likely N-dealkylation sites (tertiary alicyclic amines) is 1. The van der Waals surface area contributed by atoms with Gasteiger partial charge in [-0.05, 0) is 89.8 Å². The lowest BCUT2D eigenvalue weighted by Gasteiger charge is -2.54. The van der Waals surface area contributed by atoms with Gasteiger partial charge in [-0.1, -0.05) is 50.6 Å². The molecule has 11 nitrogen and oxygen atoms in total. The molecule has 5 fully saturated rings. The highest BCUT2D eigenvalue weighted by Crippen LogP contribution is 2.51. The summed E-state index contributed by atoms with van der Waals surface area (Å²) in [6, 6.07) is 16.6.